The van der Waals surface area contributed by atoms with Crippen LogP contribution in [0.1, 0.15) is 375 Å². The van der Waals surface area contributed by atoms with Gasteiger partial charge in [-0.15, -0.1) is 0 Å². The SMILES string of the molecule is CCCCCCCCC1(c2cc(CCCCCC)cc(CCCCCC)c2)c2cc(N(c3ccc(C)cc3)c3c(C)cc(C)cc3C)ccc2-c2ccc(N(c3ccc(C)cc3)c3c(C)cc(C)cc3C)cc21.CCCCCCCCc1c(CCCCCCCC)c2cc(N(c3ccc(C)cc3)c3c(C)cc(CCCC)cc3C)ccc2c2ccc(N(c3ccc(C)cc3)c3c(C)cc(CCCC)cc3C)cc12. The first-order valence-electron chi connectivity index (χ1n) is 56.7. The first kappa shape index (κ1) is 108. The van der Waals surface area contributed by atoms with E-state index in [0.29, 0.717) is 0 Å². The normalized spacial score (nSPS) is 12.1. The first-order chi connectivity index (χ1) is 69.4. The van der Waals surface area contributed by atoms with Gasteiger partial charge < -0.3 is 19.6 Å². The van der Waals surface area contributed by atoms with E-state index in [1.54, 1.807) is 11.1 Å². The zero-order valence-electron chi connectivity index (χ0n) is 92.5. The largest absolute Gasteiger partial charge is 0.310 e. The Hall–Kier alpha value is -11.2. The van der Waals surface area contributed by atoms with Gasteiger partial charge in [-0.05, 0) is 405 Å². The van der Waals surface area contributed by atoms with Crippen LogP contribution in [0.3, 0.4) is 0 Å². The number of unbranched alkanes of at least 4 members (excludes halogenated alkanes) is 23. The number of benzene rings is 14. The van der Waals surface area contributed by atoms with Crippen molar-refractivity contribution in [2.24, 2.45) is 0 Å². The molecular formula is C139H176N4. The van der Waals surface area contributed by atoms with E-state index in [2.05, 4.69) is 402 Å². The van der Waals surface area contributed by atoms with E-state index in [9.17, 15) is 0 Å². The number of hydrogen-bond acceptors (Lipinski definition) is 4. The molecule has 0 radical (unpaired) electrons. The lowest BCUT2D eigenvalue weighted by Gasteiger charge is -2.36. The van der Waals surface area contributed by atoms with Crippen molar-refractivity contribution >= 4 is 89.8 Å². The molecule has 0 N–H and O–H groups in total. The fourth-order valence-electron chi connectivity index (χ4n) is 24.0. The highest BCUT2D eigenvalue weighted by Gasteiger charge is 2.46. The molecule has 1 aliphatic carbocycles. The average molecular weight is 1900 g/mol. The quantitative estimate of drug-likeness (QED) is 0.0278. The Balaban J connectivity index is 0.000000227. The molecule has 14 aromatic rings. The molecule has 4 heteroatoms. The minimum absolute atomic E-state index is 0.383. The van der Waals surface area contributed by atoms with E-state index in [-0.39, 0.29) is 5.41 Å². The Bertz CT molecular complexity index is 6040. The average Bonchev–Trinajstić information content (AvgIpc) is 1.54. The molecule has 14 aromatic carbocycles. The molecule has 0 amide bonds. The van der Waals surface area contributed by atoms with Gasteiger partial charge in [-0.2, -0.15) is 0 Å². The van der Waals surface area contributed by atoms with Crippen LogP contribution in [0.4, 0.5) is 68.2 Å². The molecule has 0 spiro atoms. The smallest absolute Gasteiger partial charge is 0.0520 e. The second-order valence-electron chi connectivity index (χ2n) is 43.5. The lowest BCUT2D eigenvalue weighted by Crippen LogP contribution is -2.28. The monoisotopic (exact) mass is 1900 g/mol. The lowest BCUT2D eigenvalue weighted by molar-refractivity contribution is 0.505. The summed E-state index contributed by atoms with van der Waals surface area (Å²) in [6, 6.07) is 94.2. The molecule has 0 unspecified atom stereocenters. The molecule has 0 saturated carbocycles. The van der Waals surface area contributed by atoms with Crippen molar-refractivity contribution in [2.75, 3.05) is 19.6 Å². The molecule has 15 rings (SSSR count). The van der Waals surface area contributed by atoms with Crippen molar-refractivity contribution in [1.29, 1.82) is 0 Å². The number of hydrogen-bond donors (Lipinski definition) is 0. The summed E-state index contributed by atoms with van der Waals surface area (Å²) in [6.45, 7) is 48.0. The third-order valence-electron chi connectivity index (χ3n) is 31.3. The fraction of sp³-hybridized carbons (Fsp3) is 0.424. The highest BCUT2D eigenvalue weighted by atomic mass is 15.2. The van der Waals surface area contributed by atoms with Gasteiger partial charge in [-0.25, -0.2) is 0 Å². The van der Waals surface area contributed by atoms with E-state index in [1.165, 1.54) is 410 Å². The van der Waals surface area contributed by atoms with E-state index in [4.69, 9.17) is 0 Å². The predicted octanol–water partition coefficient (Wildman–Crippen LogP) is 42.7. The predicted molar refractivity (Wildman–Crippen MR) is 630 cm³/mol. The van der Waals surface area contributed by atoms with Crippen molar-refractivity contribution in [3.8, 4) is 11.1 Å². The molecule has 4 nitrogen and oxygen atoms in total. The van der Waals surface area contributed by atoms with Crippen molar-refractivity contribution in [1.82, 2.24) is 0 Å². The molecule has 752 valence electrons. The molecule has 0 aromatic heterocycles. The summed E-state index contributed by atoms with van der Waals surface area (Å²) >= 11 is 0. The number of rotatable bonds is 50. The standard InChI is InChI=1S/C71H88N2.C68H88N2/c1-12-15-18-21-22-25-40-71(60-46-58(26-23-19-16-13-2)45-59(47-60)27-24-20-17-14-3)67-48-63(72(61-32-28-50(4)29-33-61)69-54(8)41-52(6)42-55(69)9)36-38-65(67)66-39-37-64(49-68(66)71)73(62-34-30-51(5)31-35-62)70-56(10)43-53(7)44-57(70)11;1-11-15-19-21-23-25-29-61-62(30-26-24-22-20-16-12-2)66-48-60(70(58-37-33-50(6)34-38-58)68-53(9)45-56(28-18-14-4)46-54(68)10)40-42-64(66)63-41-39-59(47-65(61)63)69(57-35-31-49(5)32-36-57)67-51(7)43-55(27-17-13-3)44-52(67)8/h28-39,41-49H,12-27,40H2,1-11H3;31-48H,11-30H2,1-10H3. The van der Waals surface area contributed by atoms with Crippen LogP contribution in [-0.2, 0) is 43.9 Å². The van der Waals surface area contributed by atoms with Crippen LogP contribution in [0, 0.1) is 96.9 Å². The van der Waals surface area contributed by atoms with Crippen LogP contribution in [0.2, 0.25) is 0 Å². The molecule has 143 heavy (non-hydrogen) atoms. The molecule has 0 atom stereocenters. The maximum atomic E-state index is 2.69. The van der Waals surface area contributed by atoms with Crippen LogP contribution in [-0.4, -0.2) is 0 Å². The van der Waals surface area contributed by atoms with Crippen molar-refractivity contribution in [2.45, 2.75) is 388 Å². The first-order valence-corrected chi connectivity index (χ1v) is 56.7. The summed E-state index contributed by atoms with van der Waals surface area (Å²) in [6.07, 6.45) is 45.9. The summed E-state index contributed by atoms with van der Waals surface area (Å²) in [7, 11) is 0. The fourth-order valence-corrected chi connectivity index (χ4v) is 24.0. The van der Waals surface area contributed by atoms with Crippen LogP contribution in [0.5, 0.6) is 0 Å². The van der Waals surface area contributed by atoms with Crippen molar-refractivity contribution in [3.63, 3.8) is 0 Å². The summed E-state index contributed by atoms with van der Waals surface area (Å²) in [5.74, 6) is 0. The molecule has 1 aliphatic rings. The zero-order chi connectivity index (χ0) is 101. The van der Waals surface area contributed by atoms with Crippen LogP contribution >= 0.6 is 0 Å². The molecule has 0 saturated heterocycles. The van der Waals surface area contributed by atoms with E-state index in [1.807, 2.05) is 0 Å². The van der Waals surface area contributed by atoms with E-state index >= 15 is 0 Å². The number of nitrogens with zero attached hydrogens (tertiary/aromatic N) is 4. The Kier molecular flexibility index (Phi) is 39.1. The number of fused-ring (bicyclic) bond motifs is 6. The second kappa shape index (κ2) is 52.0. The van der Waals surface area contributed by atoms with Gasteiger partial charge in [0.05, 0.1) is 22.7 Å². The van der Waals surface area contributed by atoms with Crippen LogP contribution in [0.15, 0.2) is 237 Å². The van der Waals surface area contributed by atoms with Gasteiger partial charge in [0.1, 0.15) is 0 Å². The van der Waals surface area contributed by atoms with Gasteiger partial charge in [0, 0.05) is 50.9 Å². The Morgan fingerprint density at radius 3 is 0.727 bits per heavy atom. The van der Waals surface area contributed by atoms with E-state index < -0.39 is 0 Å². The topological polar surface area (TPSA) is 13.0 Å². The van der Waals surface area contributed by atoms with E-state index in [0.717, 1.165) is 44.9 Å². The Morgan fingerprint density at radius 1 is 0.182 bits per heavy atom. The minimum atomic E-state index is -0.383. The maximum absolute atomic E-state index is 2.69. The minimum Gasteiger partial charge on any atom is -0.310 e. The lowest BCUT2D eigenvalue weighted by atomic mass is 9.68. The van der Waals surface area contributed by atoms with Gasteiger partial charge in [0.25, 0.3) is 0 Å². The highest BCUT2D eigenvalue weighted by molar-refractivity contribution is 6.13. The van der Waals surface area contributed by atoms with Gasteiger partial charge >= 0.3 is 0 Å². The molecule has 0 heterocycles. The maximum Gasteiger partial charge on any atom is 0.0520 e. The summed E-state index contributed by atoms with van der Waals surface area (Å²) in [5, 5.41) is 5.62. The third kappa shape index (κ3) is 26.2. The van der Waals surface area contributed by atoms with Crippen molar-refractivity contribution < 1.29 is 0 Å². The third-order valence-corrected chi connectivity index (χ3v) is 31.3. The van der Waals surface area contributed by atoms with Crippen molar-refractivity contribution in [3.05, 3.63) is 365 Å². The molecule has 0 bridgehead atoms. The Labute approximate surface area is 867 Å². The summed E-state index contributed by atoms with van der Waals surface area (Å²) in [4.78, 5) is 10.3. The van der Waals surface area contributed by atoms with Gasteiger partial charge in [0.2, 0.25) is 0 Å². The summed E-state index contributed by atoms with van der Waals surface area (Å²) in [5.41, 5.74) is 49.0. The van der Waals surface area contributed by atoms with Crippen LogP contribution in [0.25, 0.3) is 32.7 Å². The Morgan fingerprint density at radius 2 is 0.420 bits per heavy atom. The zero-order valence-corrected chi connectivity index (χ0v) is 92.5. The van der Waals surface area contributed by atoms with Crippen LogP contribution < -0.4 is 19.6 Å². The van der Waals surface area contributed by atoms with Gasteiger partial charge in [-0.3, -0.25) is 0 Å². The summed E-state index contributed by atoms with van der Waals surface area (Å²) < 4.78 is 0. The van der Waals surface area contributed by atoms with Gasteiger partial charge in [0.15, 0.2) is 0 Å². The van der Waals surface area contributed by atoms with Gasteiger partial charge in [-0.1, -0.05) is 375 Å². The molecule has 0 fully saturated rings. The molecular weight excluding hydrogens is 1730 g/mol. The number of anilines is 12. The highest BCUT2D eigenvalue weighted by Crippen LogP contribution is 2.60. The second-order valence-corrected chi connectivity index (χ2v) is 43.5. The number of aryl methyl sites for hydroxylation is 20. The molecule has 0 aliphatic heterocycles.